The molecule has 3 rings (SSSR count). The lowest BCUT2D eigenvalue weighted by molar-refractivity contribution is -0.114. The number of anilines is 3. The van der Waals surface area contributed by atoms with Gasteiger partial charge in [-0.1, -0.05) is 36.4 Å². The molecule has 0 unspecified atom stereocenters. The summed E-state index contributed by atoms with van der Waals surface area (Å²) in [5.74, 6) is -0.261. The first-order valence-corrected chi connectivity index (χ1v) is 9.06. The number of nitrogens with zero attached hydrogens (tertiary/aromatic N) is 1. The smallest absolute Gasteiger partial charge is 0.258 e. The van der Waals surface area contributed by atoms with Crippen LogP contribution in [-0.4, -0.2) is 25.4 Å². The molecular weight excluding hydrogens is 350 g/mol. The fourth-order valence-electron chi connectivity index (χ4n) is 2.84. The van der Waals surface area contributed by atoms with E-state index < -0.39 is 0 Å². The van der Waals surface area contributed by atoms with E-state index in [1.165, 1.54) is 0 Å². The third-order valence-corrected chi connectivity index (χ3v) is 4.31. The van der Waals surface area contributed by atoms with Gasteiger partial charge in [0.05, 0.1) is 6.54 Å². The first-order valence-electron chi connectivity index (χ1n) is 9.06. The Morgan fingerprint density at radius 1 is 0.857 bits per heavy atom. The number of nitrogens with one attached hydrogen (secondary N) is 2. The highest BCUT2D eigenvalue weighted by Crippen LogP contribution is 2.17. The molecule has 0 atom stereocenters. The second-order valence-electron chi connectivity index (χ2n) is 6.55. The van der Waals surface area contributed by atoms with Crippen LogP contribution in [0.15, 0.2) is 78.9 Å². The molecule has 5 nitrogen and oxygen atoms in total. The van der Waals surface area contributed by atoms with E-state index in [1.54, 1.807) is 30.1 Å². The molecule has 0 saturated heterocycles. The Kier molecular flexibility index (Phi) is 6.07. The van der Waals surface area contributed by atoms with Crippen molar-refractivity contribution in [3.05, 3.63) is 90.0 Å². The van der Waals surface area contributed by atoms with Crippen molar-refractivity contribution in [2.75, 3.05) is 29.1 Å². The molecular formula is C23H23N3O2. The van der Waals surface area contributed by atoms with E-state index in [0.717, 1.165) is 16.9 Å². The molecule has 2 N–H and O–H groups in total. The normalized spacial score (nSPS) is 10.2. The molecule has 0 aliphatic heterocycles. The number of amides is 2. The molecule has 3 aromatic rings. The van der Waals surface area contributed by atoms with Crippen molar-refractivity contribution < 1.29 is 9.59 Å². The van der Waals surface area contributed by atoms with Crippen molar-refractivity contribution in [3.8, 4) is 0 Å². The summed E-state index contributed by atoms with van der Waals surface area (Å²) in [7, 11) is 1.74. The SMILES string of the molecule is Cc1cccc(NC(=O)CNc2cccc(C(=O)N(C)c3ccccc3)c2)c1. The molecule has 0 heterocycles. The standard InChI is InChI=1S/C23H23N3O2/c1-17-8-6-11-20(14-17)25-22(27)16-24-19-10-7-9-18(15-19)23(28)26(2)21-12-4-3-5-13-21/h3-15,24H,16H2,1-2H3,(H,25,27). The van der Waals surface area contributed by atoms with E-state index in [1.807, 2.05) is 67.6 Å². The summed E-state index contributed by atoms with van der Waals surface area (Å²) in [5, 5.41) is 5.92. The minimum absolute atomic E-state index is 0.111. The molecule has 0 fully saturated rings. The zero-order chi connectivity index (χ0) is 19.9. The molecule has 28 heavy (non-hydrogen) atoms. The maximum Gasteiger partial charge on any atom is 0.258 e. The van der Waals surface area contributed by atoms with Crippen LogP contribution >= 0.6 is 0 Å². The number of carbonyl (C=O) groups excluding carboxylic acids is 2. The molecule has 0 aromatic heterocycles. The second kappa shape index (κ2) is 8.86. The monoisotopic (exact) mass is 373 g/mol. The van der Waals surface area contributed by atoms with Crippen LogP contribution in [0.2, 0.25) is 0 Å². The maximum atomic E-state index is 12.7. The van der Waals surface area contributed by atoms with Crippen molar-refractivity contribution in [2.24, 2.45) is 0 Å². The number of benzene rings is 3. The molecule has 0 spiro atoms. The van der Waals surface area contributed by atoms with Crippen LogP contribution in [0.5, 0.6) is 0 Å². The number of carbonyl (C=O) groups is 2. The van der Waals surface area contributed by atoms with E-state index in [2.05, 4.69) is 10.6 Å². The van der Waals surface area contributed by atoms with Crippen LogP contribution in [0, 0.1) is 6.92 Å². The van der Waals surface area contributed by atoms with Crippen LogP contribution in [0.25, 0.3) is 0 Å². The first-order chi connectivity index (χ1) is 13.5. The van der Waals surface area contributed by atoms with Gasteiger partial charge >= 0.3 is 0 Å². The van der Waals surface area contributed by atoms with Crippen molar-refractivity contribution in [2.45, 2.75) is 6.92 Å². The lowest BCUT2D eigenvalue weighted by Crippen LogP contribution is -2.26. The summed E-state index contributed by atoms with van der Waals surface area (Å²) in [6, 6.07) is 24.3. The van der Waals surface area contributed by atoms with E-state index in [0.29, 0.717) is 11.3 Å². The van der Waals surface area contributed by atoms with E-state index in [-0.39, 0.29) is 18.4 Å². The predicted octanol–water partition coefficient (Wildman–Crippen LogP) is 4.32. The number of para-hydroxylation sites is 1. The number of rotatable bonds is 6. The Balaban J connectivity index is 1.61. The van der Waals surface area contributed by atoms with E-state index in [4.69, 9.17) is 0 Å². The van der Waals surface area contributed by atoms with Gasteiger partial charge in [0, 0.05) is 29.7 Å². The van der Waals surface area contributed by atoms with E-state index >= 15 is 0 Å². The fourth-order valence-corrected chi connectivity index (χ4v) is 2.84. The zero-order valence-electron chi connectivity index (χ0n) is 16.0. The van der Waals surface area contributed by atoms with Crippen LogP contribution < -0.4 is 15.5 Å². The summed E-state index contributed by atoms with van der Waals surface area (Å²) in [6.45, 7) is 2.09. The minimum atomic E-state index is -0.149. The average Bonchev–Trinajstić information content (AvgIpc) is 2.72. The Morgan fingerprint density at radius 3 is 2.32 bits per heavy atom. The fraction of sp³-hybridized carbons (Fsp3) is 0.130. The molecule has 0 aliphatic carbocycles. The van der Waals surface area contributed by atoms with Crippen LogP contribution in [0.1, 0.15) is 15.9 Å². The third kappa shape index (κ3) is 4.98. The molecule has 0 saturated carbocycles. The summed E-state index contributed by atoms with van der Waals surface area (Å²) in [6.07, 6.45) is 0. The van der Waals surface area contributed by atoms with Gasteiger partial charge < -0.3 is 15.5 Å². The lowest BCUT2D eigenvalue weighted by Gasteiger charge is -2.18. The minimum Gasteiger partial charge on any atom is -0.376 e. The molecule has 142 valence electrons. The Labute approximate surface area is 165 Å². The van der Waals surface area contributed by atoms with Gasteiger partial charge in [0.1, 0.15) is 0 Å². The van der Waals surface area contributed by atoms with E-state index in [9.17, 15) is 9.59 Å². The highest BCUT2D eigenvalue weighted by atomic mass is 16.2. The third-order valence-electron chi connectivity index (χ3n) is 4.31. The summed E-state index contributed by atoms with van der Waals surface area (Å²) >= 11 is 0. The highest BCUT2D eigenvalue weighted by Gasteiger charge is 2.13. The number of hydrogen-bond acceptors (Lipinski definition) is 3. The van der Waals surface area contributed by atoms with Gasteiger partial charge in [-0.3, -0.25) is 9.59 Å². The van der Waals surface area contributed by atoms with Gasteiger partial charge in [0.15, 0.2) is 0 Å². The maximum absolute atomic E-state index is 12.7. The van der Waals surface area contributed by atoms with Gasteiger partial charge in [-0.05, 0) is 55.0 Å². The Bertz CT molecular complexity index is 970. The average molecular weight is 373 g/mol. The molecule has 0 radical (unpaired) electrons. The van der Waals surface area contributed by atoms with Gasteiger partial charge in [-0.2, -0.15) is 0 Å². The summed E-state index contributed by atoms with van der Waals surface area (Å²) < 4.78 is 0. The summed E-state index contributed by atoms with van der Waals surface area (Å²) in [4.78, 5) is 26.5. The lowest BCUT2D eigenvalue weighted by atomic mass is 10.1. The largest absolute Gasteiger partial charge is 0.376 e. The van der Waals surface area contributed by atoms with Crippen LogP contribution in [0.3, 0.4) is 0 Å². The zero-order valence-corrected chi connectivity index (χ0v) is 16.0. The summed E-state index contributed by atoms with van der Waals surface area (Å²) in [5.41, 5.74) is 3.94. The van der Waals surface area contributed by atoms with Crippen molar-refractivity contribution in [3.63, 3.8) is 0 Å². The van der Waals surface area contributed by atoms with Crippen LogP contribution in [0.4, 0.5) is 17.1 Å². The number of aryl methyl sites for hydroxylation is 1. The number of hydrogen-bond donors (Lipinski definition) is 2. The van der Waals surface area contributed by atoms with Crippen molar-refractivity contribution in [1.29, 1.82) is 0 Å². The predicted molar refractivity (Wildman–Crippen MR) is 114 cm³/mol. The van der Waals surface area contributed by atoms with Crippen molar-refractivity contribution >= 4 is 28.9 Å². The highest BCUT2D eigenvalue weighted by molar-refractivity contribution is 6.06. The Hall–Kier alpha value is -3.60. The van der Waals surface area contributed by atoms with Crippen molar-refractivity contribution in [1.82, 2.24) is 0 Å². The van der Waals surface area contributed by atoms with Gasteiger partial charge in [-0.15, -0.1) is 0 Å². The molecule has 0 bridgehead atoms. The van der Waals surface area contributed by atoms with Gasteiger partial charge in [0.2, 0.25) is 5.91 Å². The van der Waals surface area contributed by atoms with Crippen LogP contribution in [-0.2, 0) is 4.79 Å². The molecule has 3 aromatic carbocycles. The van der Waals surface area contributed by atoms with Gasteiger partial charge in [0.25, 0.3) is 5.91 Å². The molecule has 5 heteroatoms. The topological polar surface area (TPSA) is 61.4 Å². The first kappa shape index (κ1) is 19.2. The second-order valence-corrected chi connectivity index (χ2v) is 6.55. The quantitative estimate of drug-likeness (QED) is 0.676. The molecule has 0 aliphatic rings. The van der Waals surface area contributed by atoms with Gasteiger partial charge in [-0.25, -0.2) is 0 Å². The Morgan fingerprint density at radius 2 is 1.57 bits per heavy atom. The molecule has 2 amide bonds.